The number of hydrogen-bond donors (Lipinski definition) is 3. The number of thioether (sulfide) groups is 1. The molecule has 0 spiro atoms. The van der Waals surface area contributed by atoms with E-state index in [1.54, 1.807) is 11.8 Å². The van der Waals surface area contributed by atoms with E-state index in [1.165, 1.54) is 22.2 Å². The summed E-state index contributed by atoms with van der Waals surface area (Å²) in [5.74, 6) is 0.378. The zero-order valence-corrected chi connectivity index (χ0v) is 14.1. The van der Waals surface area contributed by atoms with Crippen LogP contribution in [0.15, 0.2) is 39.5 Å². The molecule has 1 aromatic carbocycles. The topological polar surface area (TPSA) is 70.6 Å². The minimum atomic E-state index is 0.378. The summed E-state index contributed by atoms with van der Waals surface area (Å²) in [5.41, 5.74) is 10.6. The number of nitrogens with zero attached hydrogens (tertiary/aromatic N) is 1. The van der Waals surface area contributed by atoms with Crippen molar-refractivity contribution in [2.24, 2.45) is 16.8 Å². The van der Waals surface area contributed by atoms with Crippen molar-refractivity contribution in [2.75, 3.05) is 19.3 Å². The first-order chi connectivity index (χ1) is 10.7. The lowest BCUT2D eigenvalue weighted by atomic mass is 9.88. The molecule has 0 atom stereocenters. The van der Waals surface area contributed by atoms with Crippen LogP contribution in [0.5, 0.6) is 0 Å². The van der Waals surface area contributed by atoms with Crippen molar-refractivity contribution >= 4 is 18.0 Å². The fraction of sp³-hybridized carbons (Fsp3) is 0.471. The zero-order chi connectivity index (χ0) is 15.9. The van der Waals surface area contributed by atoms with Crippen molar-refractivity contribution in [3.05, 3.63) is 40.6 Å². The highest BCUT2D eigenvalue weighted by atomic mass is 32.2. The van der Waals surface area contributed by atoms with Crippen molar-refractivity contribution in [1.29, 1.82) is 0 Å². The summed E-state index contributed by atoms with van der Waals surface area (Å²) in [6, 6.07) is 6.46. The molecule has 1 heterocycles. The molecule has 0 saturated carbocycles. The summed E-state index contributed by atoms with van der Waals surface area (Å²) in [5, 5.41) is 15.5. The molecule has 5 heteroatoms. The highest BCUT2D eigenvalue weighted by Crippen LogP contribution is 2.25. The standard InChI is InChI=1S/C17H25N3OS/c1-12-9-13(3-4-17(12)22-2)10-16(18)15(11-20-21)14-5-7-19-8-6-14/h3-4,9,11,14,19,21H,5-8,10,18H2,1-2H3/b16-15+,20-11+. The molecule has 4 N–H and O–H groups in total. The van der Waals surface area contributed by atoms with Crippen molar-refractivity contribution in [3.63, 3.8) is 0 Å². The van der Waals surface area contributed by atoms with Crippen LogP contribution in [0.25, 0.3) is 0 Å². The number of benzene rings is 1. The average Bonchev–Trinajstić information content (AvgIpc) is 2.53. The van der Waals surface area contributed by atoms with E-state index in [2.05, 4.69) is 41.9 Å². The van der Waals surface area contributed by atoms with Gasteiger partial charge in [-0.05, 0) is 67.8 Å². The van der Waals surface area contributed by atoms with Crippen LogP contribution in [0.4, 0.5) is 0 Å². The molecule has 2 rings (SSSR count). The second kappa shape index (κ2) is 8.25. The second-order valence-corrected chi connectivity index (χ2v) is 6.58. The predicted molar refractivity (Wildman–Crippen MR) is 93.7 cm³/mol. The number of rotatable bonds is 5. The number of oxime groups is 1. The van der Waals surface area contributed by atoms with E-state index in [9.17, 15) is 0 Å². The number of allylic oxidation sites excluding steroid dienone is 2. The molecule has 0 radical (unpaired) electrons. The fourth-order valence-electron chi connectivity index (χ4n) is 3.02. The van der Waals surface area contributed by atoms with Gasteiger partial charge >= 0.3 is 0 Å². The van der Waals surface area contributed by atoms with Gasteiger partial charge in [-0.1, -0.05) is 17.3 Å². The summed E-state index contributed by atoms with van der Waals surface area (Å²) in [6.07, 6.45) is 6.37. The molecule has 1 fully saturated rings. The summed E-state index contributed by atoms with van der Waals surface area (Å²) in [6.45, 7) is 4.10. The Bertz CT molecular complexity index is 563. The van der Waals surface area contributed by atoms with Gasteiger partial charge in [0, 0.05) is 17.0 Å². The first-order valence-corrected chi connectivity index (χ1v) is 8.88. The van der Waals surface area contributed by atoms with Crippen LogP contribution in [0, 0.1) is 12.8 Å². The number of nitrogens with two attached hydrogens (primary N) is 1. The fourth-order valence-corrected chi connectivity index (χ4v) is 3.60. The monoisotopic (exact) mass is 319 g/mol. The Morgan fingerprint density at radius 1 is 1.45 bits per heavy atom. The first-order valence-electron chi connectivity index (χ1n) is 7.66. The Morgan fingerprint density at radius 2 is 2.18 bits per heavy atom. The lowest BCUT2D eigenvalue weighted by Crippen LogP contribution is -2.30. The van der Waals surface area contributed by atoms with Gasteiger partial charge in [0.15, 0.2) is 0 Å². The Labute approximate surface area is 136 Å². The molecule has 0 amide bonds. The van der Waals surface area contributed by atoms with Crippen LogP contribution in [0.3, 0.4) is 0 Å². The van der Waals surface area contributed by atoms with Crippen molar-refractivity contribution < 1.29 is 5.21 Å². The lowest BCUT2D eigenvalue weighted by molar-refractivity contribution is 0.320. The Balaban J connectivity index is 2.21. The van der Waals surface area contributed by atoms with E-state index in [0.717, 1.165) is 37.2 Å². The van der Waals surface area contributed by atoms with Crippen molar-refractivity contribution in [3.8, 4) is 0 Å². The van der Waals surface area contributed by atoms with Crippen LogP contribution >= 0.6 is 11.8 Å². The summed E-state index contributed by atoms with van der Waals surface area (Å²) in [7, 11) is 0. The van der Waals surface area contributed by atoms with Crippen LogP contribution in [0.2, 0.25) is 0 Å². The third-order valence-electron chi connectivity index (χ3n) is 4.20. The molecule has 120 valence electrons. The molecule has 0 aliphatic carbocycles. The predicted octanol–water partition coefficient (Wildman–Crippen LogP) is 2.93. The van der Waals surface area contributed by atoms with Gasteiger partial charge < -0.3 is 16.3 Å². The van der Waals surface area contributed by atoms with Gasteiger partial charge in [0.1, 0.15) is 0 Å². The number of nitrogens with one attached hydrogen (secondary N) is 1. The van der Waals surface area contributed by atoms with E-state index >= 15 is 0 Å². The van der Waals surface area contributed by atoms with Gasteiger partial charge in [-0.25, -0.2) is 0 Å². The SMILES string of the molecule is CSc1ccc(C/C(N)=C(/C=N/O)C2CCNCC2)cc1C. The van der Waals surface area contributed by atoms with Crippen LogP contribution in [-0.4, -0.2) is 30.8 Å². The van der Waals surface area contributed by atoms with Crippen LogP contribution in [0.1, 0.15) is 24.0 Å². The molecule has 4 nitrogen and oxygen atoms in total. The second-order valence-electron chi connectivity index (χ2n) is 5.73. The minimum Gasteiger partial charge on any atom is -0.411 e. The zero-order valence-electron chi connectivity index (χ0n) is 13.3. The highest BCUT2D eigenvalue weighted by Gasteiger charge is 2.19. The van der Waals surface area contributed by atoms with Gasteiger partial charge in [0.25, 0.3) is 0 Å². The molecule has 1 aromatic rings. The van der Waals surface area contributed by atoms with Crippen LogP contribution < -0.4 is 11.1 Å². The minimum absolute atomic E-state index is 0.378. The molecule has 22 heavy (non-hydrogen) atoms. The number of hydrogen-bond acceptors (Lipinski definition) is 5. The highest BCUT2D eigenvalue weighted by molar-refractivity contribution is 7.98. The third kappa shape index (κ3) is 4.27. The summed E-state index contributed by atoms with van der Waals surface area (Å²) >= 11 is 1.76. The number of piperidine rings is 1. The molecule has 0 bridgehead atoms. The number of aryl methyl sites for hydroxylation is 1. The van der Waals surface area contributed by atoms with Gasteiger partial charge in [0.05, 0.1) is 6.21 Å². The van der Waals surface area contributed by atoms with Gasteiger partial charge in [-0.2, -0.15) is 0 Å². The van der Waals surface area contributed by atoms with E-state index in [-0.39, 0.29) is 0 Å². The normalized spacial score (nSPS) is 17.7. The molecule has 0 unspecified atom stereocenters. The molecule has 1 aliphatic heterocycles. The van der Waals surface area contributed by atoms with Crippen LogP contribution in [-0.2, 0) is 6.42 Å². The smallest absolute Gasteiger partial charge is 0.0713 e. The van der Waals surface area contributed by atoms with E-state index < -0.39 is 0 Å². The van der Waals surface area contributed by atoms with Gasteiger partial charge in [0.2, 0.25) is 0 Å². The largest absolute Gasteiger partial charge is 0.411 e. The maximum Gasteiger partial charge on any atom is 0.0713 e. The van der Waals surface area contributed by atoms with E-state index in [4.69, 9.17) is 10.9 Å². The quantitative estimate of drug-likeness (QED) is 0.338. The Hall–Kier alpha value is -1.46. The maximum absolute atomic E-state index is 8.96. The lowest BCUT2D eigenvalue weighted by Gasteiger charge is -2.24. The first kappa shape index (κ1) is 16.9. The Kier molecular flexibility index (Phi) is 6.34. The Morgan fingerprint density at radius 3 is 2.77 bits per heavy atom. The molecule has 0 aromatic heterocycles. The van der Waals surface area contributed by atoms with Gasteiger partial charge in [-0.15, -0.1) is 11.8 Å². The molecular weight excluding hydrogens is 294 g/mol. The average molecular weight is 319 g/mol. The summed E-state index contributed by atoms with van der Waals surface area (Å²) in [4.78, 5) is 1.29. The van der Waals surface area contributed by atoms with Gasteiger partial charge in [-0.3, -0.25) is 0 Å². The summed E-state index contributed by atoms with van der Waals surface area (Å²) < 4.78 is 0. The maximum atomic E-state index is 8.96. The van der Waals surface area contributed by atoms with Crippen molar-refractivity contribution in [1.82, 2.24) is 5.32 Å². The van der Waals surface area contributed by atoms with E-state index in [1.807, 2.05) is 0 Å². The molecule has 1 aliphatic rings. The molecule has 1 saturated heterocycles. The molecular formula is C17H25N3OS. The van der Waals surface area contributed by atoms with E-state index in [0.29, 0.717) is 12.3 Å². The third-order valence-corrected chi connectivity index (χ3v) is 5.10. The van der Waals surface area contributed by atoms with Crippen molar-refractivity contribution in [2.45, 2.75) is 31.1 Å².